The van der Waals surface area contributed by atoms with Crippen LogP contribution in [0.3, 0.4) is 0 Å². The molecule has 2 aromatic rings. The number of aromatic nitrogens is 3. The molecule has 1 unspecified atom stereocenters. The van der Waals surface area contributed by atoms with E-state index in [0.717, 1.165) is 10.6 Å². The molecule has 1 atom stereocenters. The number of aliphatic hydroxyl groups is 2. The minimum absolute atomic E-state index is 0.0439. The van der Waals surface area contributed by atoms with Crippen molar-refractivity contribution in [1.82, 2.24) is 25.0 Å². The zero-order valence-electron chi connectivity index (χ0n) is 11.8. The van der Waals surface area contributed by atoms with Gasteiger partial charge in [0.15, 0.2) is 11.5 Å². The molecule has 0 radical (unpaired) electrons. The molecule has 2 aliphatic rings. The molecular formula is C13H12N6O4. The highest BCUT2D eigenvalue weighted by molar-refractivity contribution is 5.96. The van der Waals surface area contributed by atoms with E-state index in [1.807, 2.05) is 0 Å². The standard InChI is InChI=1S/C13H12N6O4/c1-6-12(22)19-8(2-3-14-19)16-13(6,23)7-4-9-15-10(20)5-11(21)18(9)17-7/h2-5,14,21-23H,1H3,(H,15,20). The summed E-state index contributed by atoms with van der Waals surface area (Å²) in [6, 6.07) is 2.38. The number of hydrazine groups is 1. The Morgan fingerprint density at radius 2 is 2.00 bits per heavy atom. The summed E-state index contributed by atoms with van der Waals surface area (Å²) in [6.45, 7) is 1.50. The fourth-order valence-electron chi connectivity index (χ4n) is 2.52. The molecule has 118 valence electrons. The molecule has 0 bridgehead atoms. The first-order valence-electron chi connectivity index (χ1n) is 6.65. The van der Waals surface area contributed by atoms with Gasteiger partial charge in [0.1, 0.15) is 5.69 Å². The average Bonchev–Trinajstić information content (AvgIpc) is 3.11. The molecule has 0 aromatic carbocycles. The molecule has 10 heteroatoms. The Morgan fingerprint density at radius 3 is 2.78 bits per heavy atom. The van der Waals surface area contributed by atoms with E-state index in [2.05, 4.69) is 20.5 Å². The second kappa shape index (κ2) is 4.14. The molecule has 0 saturated heterocycles. The third-order valence-electron chi connectivity index (χ3n) is 3.76. The van der Waals surface area contributed by atoms with Crippen molar-refractivity contribution in [2.45, 2.75) is 12.6 Å². The third-order valence-corrected chi connectivity index (χ3v) is 3.76. The quantitative estimate of drug-likeness (QED) is 0.488. The number of nitrogens with one attached hydrogen (secondary N) is 1. The predicted octanol–water partition coefficient (Wildman–Crippen LogP) is -0.179. The molecule has 5 N–H and O–H groups in total. The first-order valence-corrected chi connectivity index (χ1v) is 6.65. The number of amidine groups is 1. The summed E-state index contributed by atoms with van der Waals surface area (Å²) in [4.78, 5) is 8.02. The molecule has 0 amide bonds. The third kappa shape index (κ3) is 1.69. The van der Waals surface area contributed by atoms with Gasteiger partial charge in [-0.05, 0) is 6.92 Å². The molecule has 2 aromatic heterocycles. The van der Waals surface area contributed by atoms with Crippen LogP contribution in [-0.4, -0.2) is 45.9 Å². The van der Waals surface area contributed by atoms with Crippen LogP contribution in [0, 0.1) is 0 Å². The van der Waals surface area contributed by atoms with Gasteiger partial charge in [-0.2, -0.15) is 14.6 Å². The van der Waals surface area contributed by atoms with E-state index < -0.39 is 5.72 Å². The van der Waals surface area contributed by atoms with Crippen LogP contribution < -0.4 is 5.43 Å². The van der Waals surface area contributed by atoms with Gasteiger partial charge in [0, 0.05) is 23.9 Å². The molecular weight excluding hydrogens is 304 g/mol. The van der Waals surface area contributed by atoms with Crippen LogP contribution in [0.4, 0.5) is 0 Å². The summed E-state index contributed by atoms with van der Waals surface area (Å²) in [5.74, 6) is -0.638. The van der Waals surface area contributed by atoms with Crippen molar-refractivity contribution in [3.05, 3.63) is 41.6 Å². The van der Waals surface area contributed by atoms with Crippen molar-refractivity contribution >= 4 is 11.5 Å². The van der Waals surface area contributed by atoms with Crippen molar-refractivity contribution in [3.8, 4) is 11.8 Å². The van der Waals surface area contributed by atoms with Crippen LogP contribution in [0.5, 0.6) is 11.8 Å². The predicted molar refractivity (Wildman–Crippen MR) is 77.1 cm³/mol. The second-order valence-electron chi connectivity index (χ2n) is 5.16. The SMILES string of the molecule is CC1=C(O)N2NC=CC2=NC1(O)c1cc2nc(O)cc(O)n2n1. The molecule has 23 heavy (non-hydrogen) atoms. The maximum atomic E-state index is 10.9. The summed E-state index contributed by atoms with van der Waals surface area (Å²) < 4.78 is 1.05. The number of aliphatic imine (C=N–C) groups is 1. The van der Waals surface area contributed by atoms with Gasteiger partial charge in [-0.3, -0.25) is 5.43 Å². The molecule has 10 nitrogen and oxygen atoms in total. The van der Waals surface area contributed by atoms with Gasteiger partial charge in [-0.15, -0.1) is 0 Å². The number of nitrogens with zero attached hydrogens (tertiary/aromatic N) is 5. The molecule has 4 heterocycles. The molecule has 4 rings (SSSR count). The van der Waals surface area contributed by atoms with Crippen molar-refractivity contribution in [1.29, 1.82) is 0 Å². The lowest BCUT2D eigenvalue weighted by atomic mass is 10.00. The maximum absolute atomic E-state index is 10.9. The molecule has 0 aliphatic carbocycles. The Bertz CT molecular complexity index is 930. The van der Waals surface area contributed by atoms with Gasteiger partial charge >= 0.3 is 0 Å². The van der Waals surface area contributed by atoms with Crippen LogP contribution in [0.1, 0.15) is 12.6 Å². The van der Waals surface area contributed by atoms with E-state index in [9.17, 15) is 20.4 Å². The Balaban J connectivity index is 1.94. The number of rotatable bonds is 1. The summed E-state index contributed by atoms with van der Waals surface area (Å²) >= 11 is 0. The van der Waals surface area contributed by atoms with Crippen molar-refractivity contribution in [3.63, 3.8) is 0 Å². The summed E-state index contributed by atoms with van der Waals surface area (Å²) in [6.07, 6.45) is 3.13. The van der Waals surface area contributed by atoms with E-state index in [4.69, 9.17) is 0 Å². The van der Waals surface area contributed by atoms with Gasteiger partial charge < -0.3 is 20.4 Å². The largest absolute Gasteiger partial charge is 0.493 e. The van der Waals surface area contributed by atoms with Gasteiger partial charge in [0.25, 0.3) is 0 Å². The first-order chi connectivity index (χ1) is 10.9. The van der Waals surface area contributed by atoms with E-state index in [0.29, 0.717) is 5.84 Å². The van der Waals surface area contributed by atoms with E-state index in [-0.39, 0.29) is 34.6 Å². The van der Waals surface area contributed by atoms with Gasteiger partial charge in [0.2, 0.25) is 23.4 Å². The van der Waals surface area contributed by atoms with E-state index >= 15 is 0 Å². The van der Waals surface area contributed by atoms with Crippen LogP contribution in [0.2, 0.25) is 0 Å². The topological polar surface area (TPSA) is 139 Å². The normalized spacial score (nSPS) is 23.2. The fourth-order valence-corrected chi connectivity index (χ4v) is 2.52. The van der Waals surface area contributed by atoms with Crippen molar-refractivity contribution in [2.24, 2.45) is 4.99 Å². The van der Waals surface area contributed by atoms with Crippen LogP contribution in [-0.2, 0) is 5.72 Å². The molecule has 2 aliphatic heterocycles. The van der Waals surface area contributed by atoms with Gasteiger partial charge in [-0.1, -0.05) is 0 Å². The Labute approximate surface area is 128 Å². The van der Waals surface area contributed by atoms with Crippen molar-refractivity contribution < 1.29 is 20.4 Å². The smallest absolute Gasteiger partial charge is 0.231 e. The van der Waals surface area contributed by atoms with Crippen LogP contribution in [0.15, 0.2) is 40.9 Å². The van der Waals surface area contributed by atoms with Gasteiger partial charge in [0.05, 0.1) is 6.07 Å². The minimum Gasteiger partial charge on any atom is -0.493 e. The zero-order chi connectivity index (χ0) is 16.4. The monoisotopic (exact) mass is 316 g/mol. The van der Waals surface area contributed by atoms with Crippen LogP contribution in [0.25, 0.3) is 5.65 Å². The Kier molecular flexibility index (Phi) is 2.41. The zero-order valence-corrected chi connectivity index (χ0v) is 11.8. The summed E-state index contributed by atoms with van der Waals surface area (Å²) in [5.41, 5.74) is 1.15. The highest BCUT2D eigenvalue weighted by Crippen LogP contribution is 2.37. The highest BCUT2D eigenvalue weighted by Gasteiger charge is 2.43. The summed E-state index contributed by atoms with van der Waals surface area (Å²) in [7, 11) is 0. The van der Waals surface area contributed by atoms with E-state index in [1.54, 1.807) is 12.3 Å². The number of aliphatic hydroxyl groups excluding tert-OH is 1. The number of aromatic hydroxyl groups is 2. The van der Waals surface area contributed by atoms with Crippen LogP contribution >= 0.6 is 0 Å². The molecule has 0 spiro atoms. The number of hydrogen-bond acceptors (Lipinski definition) is 9. The number of hydrogen-bond donors (Lipinski definition) is 5. The number of fused-ring (bicyclic) bond motifs is 2. The summed E-state index contributed by atoms with van der Waals surface area (Å²) in [5, 5.41) is 45.8. The average molecular weight is 316 g/mol. The maximum Gasteiger partial charge on any atom is 0.231 e. The lowest BCUT2D eigenvalue weighted by Crippen LogP contribution is -2.43. The lowest BCUT2D eigenvalue weighted by molar-refractivity contribution is 0.0599. The minimum atomic E-state index is -1.93. The first kappa shape index (κ1) is 13.4. The Morgan fingerprint density at radius 1 is 1.22 bits per heavy atom. The fraction of sp³-hybridized carbons (Fsp3) is 0.154. The van der Waals surface area contributed by atoms with E-state index in [1.165, 1.54) is 18.0 Å². The molecule has 0 saturated carbocycles. The molecule has 0 fully saturated rings. The Hall–Kier alpha value is -3.27. The van der Waals surface area contributed by atoms with Gasteiger partial charge in [-0.25, -0.2) is 10.0 Å². The lowest BCUT2D eigenvalue weighted by Gasteiger charge is -2.32. The second-order valence-corrected chi connectivity index (χ2v) is 5.16. The van der Waals surface area contributed by atoms with Crippen molar-refractivity contribution in [2.75, 3.05) is 0 Å². The highest BCUT2D eigenvalue weighted by atomic mass is 16.3.